The highest BCUT2D eigenvalue weighted by atomic mass is 19.4. The minimum absolute atomic E-state index is 0.391. The van der Waals surface area contributed by atoms with E-state index in [-0.39, 0.29) is 0 Å². The zero-order valence-electron chi connectivity index (χ0n) is 9.18. The van der Waals surface area contributed by atoms with Gasteiger partial charge in [-0.2, -0.15) is 13.2 Å². The Labute approximate surface area is 90.7 Å². The number of hydrogen-bond donors (Lipinski definition) is 0. The zero-order valence-corrected chi connectivity index (χ0v) is 9.18. The molecule has 0 unspecified atom stereocenters. The van der Waals surface area contributed by atoms with Crippen molar-refractivity contribution in [3.63, 3.8) is 0 Å². The van der Waals surface area contributed by atoms with Gasteiger partial charge in [-0.15, -0.1) is 0 Å². The van der Waals surface area contributed by atoms with Crippen molar-refractivity contribution in [2.75, 3.05) is 13.2 Å². The van der Waals surface area contributed by atoms with Gasteiger partial charge in [0.2, 0.25) is 0 Å². The number of alkyl halides is 3. The quantitative estimate of drug-likeness (QED) is 0.558. The Kier molecular flexibility index (Phi) is 4.77. The molecule has 0 aromatic carbocycles. The van der Waals surface area contributed by atoms with Crippen LogP contribution in [0, 0.1) is 5.41 Å². The topological polar surface area (TPSA) is 52.6 Å². The van der Waals surface area contributed by atoms with Gasteiger partial charge in [0.1, 0.15) is 13.2 Å². The summed E-state index contributed by atoms with van der Waals surface area (Å²) in [5.74, 6) is -2.87. The standard InChI is InChI=1S/C9H13F3O4/c1-8(2,3)6(13)15-4-5-16-7(14)9(10,11)12/h4-5H2,1-3H3. The normalized spacial score (nSPS) is 12.1. The summed E-state index contributed by atoms with van der Waals surface area (Å²) in [6, 6.07) is 0. The SMILES string of the molecule is CC(C)(C)C(=O)OCCOC(=O)C(F)(F)F. The van der Waals surface area contributed by atoms with Crippen molar-refractivity contribution in [3.8, 4) is 0 Å². The van der Waals surface area contributed by atoms with Crippen LogP contribution in [0.15, 0.2) is 0 Å². The largest absolute Gasteiger partial charge is 0.490 e. The lowest BCUT2D eigenvalue weighted by atomic mass is 9.97. The number of carbonyl (C=O) groups is 2. The molecule has 0 spiro atoms. The summed E-state index contributed by atoms with van der Waals surface area (Å²) in [6.07, 6.45) is -5.02. The summed E-state index contributed by atoms with van der Waals surface area (Å²) < 4.78 is 43.3. The third-order valence-corrected chi connectivity index (χ3v) is 1.39. The molecule has 0 saturated carbocycles. The van der Waals surface area contributed by atoms with Crippen LogP contribution in [0.4, 0.5) is 13.2 Å². The van der Waals surface area contributed by atoms with Crippen LogP contribution in [0.5, 0.6) is 0 Å². The van der Waals surface area contributed by atoms with Crippen LogP contribution in [-0.4, -0.2) is 31.3 Å². The van der Waals surface area contributed by atoms with Gasteiger partial charge in [-0.1, -0.05) is 0 Å². The van der Waals surface area contributed by atoms with Crippen LogP contribution in [0.3, 0.4) is 0 Å². The molecule has 4 nitrogen and oxygen atoms in total. The van der Waals surface area contributed by atoms with Gasteiger partial charge in [-0.25, -0.2) is 4.79 Å². The summed E-state index contributed by atoms with van der Waals surface area (Å²) >= 11 is 0. The maximum absolute atomic E-state index is 11.6. The fourth-order valence-corrected chi connectivity index (χ4v) is 0.567. The molecule has 0 heterocycles. The number of esters is 2. The highest BCUT2D eigenvalue weighted by Crippen LogP contribution is 2.17. The van der Waals surface area contributed by atoms with E-state index in [1.165, 1.54) is 0 Å². The molecule has 0 N–H and O–H groups in total. The molecule has 0 saturated heterocycles. The molecule has 0 aromatic heterocycles. The van der Waals surface area contributed by atoms with Gasteiger partial charge in [0, 0.05) is 0 Å². The Morgan fingerprint density at radius 1 is 0.938 bits per heavy atom. The monoisotopic (exact) mass is 242 g/mol. The first-order valence-corrected chi connectivity index (χ1v) is 4.46. The van der Waals surface area contributed by atoms with E-state index in [4.69, 9.17) is 0 Å². The van der Waals surface area contributed by atoms with Crippen LogP contribution in [-0.2, 0) is 19.1 Å². The number of carbonyl (C=O) groups excluding carboxylic acids is 2. The highest BCUT2D eigenvalue weighted by Gasteiger charge is 2.40. The van der Waals surface area contributed by atoms with Gasteiger partial charge in [0.05, 0.1) is 5.41 Å². The van der Waals surface area contributed by atoms with E-state index in [0.29, 0.717) is 0 Å². The van der Waals surface area contributed by atoms with Crippen LogP contribution in [0.25, 0.3) is 0 Å². The summed E-state index contributed by atoms with van der Waals surface area (Å²) in [6.45, 7) is 3.78. The first-order valence-electron chi connectivity index (χ1n) is 4.46. The Bertz CT molecular complexity index is 237. The molecule has 0 fully saturated rings. The maximum Gasteiger partial charge on any atom is 0.490 e. The average Bonchev–Trinajstić information content (AvgIpc) is 2.08. The lowest BCUT2D eigenvalue weighted by molar-refractivity contribution is -0.201. The number of rotatable bonds is 3. The van der Waals surface area contributed by atoms with Crippen molar-refractivity contribution in [2.24, 2.45) is 5.41 Å². The molecular weight excluding hydrogens is 229 g/mol. The molecule has 0 rings (SSSR count). The third kappa shape index (κ3) is 5.57. The molecule has 0 radical (unpaired) electrons. The van der Waals surface area contributed by atoms with Gasteiger partial charge < -0.3 is 9.47 Å². The molecule has 0 aromatic rings. The number of hydrogen-bond acceptors (Lipinski definition) is 4. The zero-order chi connectivity index (χ0) is 13.0. The first-order chi connectivity index (χ1) is 7.05. The second-order valence-corrected chi connectivity index (χ2v) is 4.02. The lowest BCUT2D eigenvalue weighted by Crippen LogP contribution is -2.28. The molecule has 0 bridgehead atoms. The van der Waals surface area contributed by atoms with Crippen LogP contribution in [0.2, 0.25) is 0 Å². The minimum atomic E-state index is -5.02. The maximum atomic E-state index is 11.6. The van der Waals surface area contributed by atoms with E-state index in [0.717, 1.165) is 0 Å². The van der Waals surface area contributed by atoms with Gasteiger partial charge in [-0.05, 0) is 20.8 Å². The summed E-state index contributed by atoms with van der Waals surface area (Å²) in [5, 5.41) is 0. The predicted octanol–water partition coefficient (Wildman–Crippen LogP) is 1.68. The molecule has 0 aliphatic heterocycles. The third-order valence-electron chi connectivity index (χ3n) is 1.39. The van der Waals surface area contributed by atoms with E-state index in [9.17, 15) is 22.8 Å². The van der Waals surface area contributed by atoms with Gasteiger partial charge in [0.25, 0.3) is 0 Å². The van der Waals surface area contributed by atoms with E-state index in [2.05, 4.69) is 9.47 Å². The van der Waals surface area contributed by atoms with Crippen LogP contribution < -0.4 is 0 Å². The fourth-order valence-electron chi connectivity index (χ4n) is 0.567. The Balaban J connectivity index is 3.79. The van der Waals surface area contributed by atoms with Crippen molar-refractivity contribution in [1.29, 1.82) is 0 Å². The Morgan fingerprint density at radius 2 is 1.31 bits per heavy atom. The van der Waals surface area contributed by atoms with Gasteiger partial charge in [0.15, 0.2) is 0 Å². The first kappa shape index (κ1) is 14.7. The molecule has 0 aliphatic carbocycles. The highest BCUT2D eigenvalue weighted by molar-refractivity contribution is 5.76. The lowest BCUT2D eigenvalue weighted by Gasteiger charge is -2.16. The molecule has 0 atom stereocenters. The summed E-state index contributed by atoms with van der Waals surface area (Å²) in [4.78, 5) is 21.3. The van der Waals surface area contributed by atoms with Crippen molar-refractivity contribution >= 4 is 11.9 Å². The van der Waals surface area contributed by atoms with E-state index < -0.39 is 36.7 Å². The van der Waals surface area contributed by atoms with Crippen LogP contribution >= 0.6 is 0 Å². The molecule has 16 heavy (non-hydrogen) atoms. The van der Waals surface area contributed by atoms with Crippen molar-refractivity contribution in [1.82, 2.24) is 0 Å². The molecule has 0 aliphatic rings. The van der Waals surface area contributed by atoms with Crippen molar-refractivity contribution in [3.05, 3.63) is 0 Å². The number of ether oxygens (including phenoxy) is 2. The van der Waals surface area contributed by atoms with Gasteiger partial charge in [-0.3, -0.25) is 4.79 Å². The van der Waals surface area contributed by atoms with Crippen LogP contribution in [0.1, 0.15) is 20.8 Å². The number of halogens is 3. The predicted molar refractivity (Wildman–Crippen MR) is 47.4 cm³/mol. The van der Waals surface area contributed by atoms with Crippen molar-refractivity contribution in [2.45, 2.75) is 26.9 Å². The molecule has 0 amide bonds. The van der Waals surface area contributed by atoms with Crippen molar-refractivity contribution < 1.29 is 32.2 Å². The van der Waals surface area contributed by atoms with E-state index >= 15 is 0 Å². The molecule has 94 valence electrons. The smallest absolute Gasteiger partial charge is 0.462 e. The molecule has 7 heteroatoms. The Hall–Kier alpha value is -1.27. The second-order valence-electron chi connectivity index (χ2n) is 4.02. The second kappa shape index (κ2) is 5.18. The summed E-state index contributed by atoms with van der Waals surface area (Å²) in [5.41, 5.74) is -0.742. The van der Waals surface area contributed by atoms with E-state index in [1.807, 2.05) is 0 Å². The van der Waals surface area contributed by atoms with Gasteiger partial charge >= 0.3 is 18.1 Å². The average molecular weight is 242 g/mol. The summed E-state index contributed by atoms with van der Waals surface area (Å²) in [7, 11) is 0. The van der Waals surface area contributed by atoms with E-state index in [1.54, 1.807) is 20.8 Å². The molecular formula is C9H13F3O4. The Morgan fingerprint density at radius 3 is 1.62 bits per heavy atom. The fraction of sp³-hybridized carbons (Fsp3) is 0.778. The minimum Gasteiger partial charge on any atom is -0.462 e.